The summed E-state index contributed by atoms with van der Waals surface area (Å²) in [7, 11) is 0. The standard InChI is InChI=1S/C34H38/c1-4-32(20-12-7-13-21-32)29-26-27-18-10-11-19-28(27)30(33(5-2)22-14-8-15-23-33)31(29)34(6-3)24-16-9-17-25-34/h7-20,22,24,26H,4-6,21,23,25H2,1-3H3. The first-order valence-corrected chi connectivity index (χ1v) is 13.2. The summed E-state index contributed by atoms with van der Waals surface area (Å²) in [6.45, 7) is 7.13. The zero-order valence-corrected chi connectivity index (χ0v) is 21.1. The van der Waals surface area contributed by atoms with Crippen LogP contribution in [0.5, 0.6) is 0 Å². The molecule has 0 bridgehead atoms. The summed E-state index contributed by atoms with van der Waals surface area (Å²) >= 11 is 0. The van der Waals surface area contributed by atoms with Crippen LogP contribution in [0.2, 0.25) is 0 Å². The minimum Gasteiger partial charge on any atom is -0.0833 e. The van der Waals surface area contributed by atoms with Crippen LogP contribution in [0.15, 0.2) is 103 Å². The van der Waals surface area contributed by atoms with Crippen molar-refractivity contribution in [2.75, 3.05) is 0 Å². The molecule has 0 N–H and O–H groups in total. The minimum absolute atomic E-state index is 0.0117. The average Bonchev–Trinajstić information content (AvgIpc) is 2.93. The van der Waals surface area contributed by atoms with E-state index < -0.39 is 0 Å². The molecule has 0 fully saturated rings. The van der Waals surface area contributed by atoms with E-state index in [9.17, 15) is 0 Å². The monoisotopic (exact) mass is 446 g/mol. The molecule has 2 aromatic rings. The van der Waals surface area contributed by atoms with Crippen molar-refractivity contribution in [3.8, 4) is 0 Å². The molecule has 0 saturated heterocycles. The van der Waals surface area contributed by atoms with Gasteiger partial charge < -0.3 is 0 Å². The van der Waals surface area contributed by atoms with E-state index >= 15 is 0 Å². The van der Waals surface area contributed by atoms with Crippen molar-refractivity contribution in [2.45, 2.75) is 75.5 Å². The van der Waals surface area contributed by atoms with Gasteiger partial charge in [0, 0.05) is 16.2 Å². The summed E-state index contributed by atoms with van der Waals surface area (Å²) in [5.74, 6) is 0. The Bertz CT molecular complexity index is 1250. The topological polar surface area (TPSA) is 0 Å². The maximum Gasteiger partial charge on any atom is 0.0176 e. The van der Waals surface area contributed by atoms with Gasteiger partial charge in [-0.1, -0.05) is 118 Å². The molecule has 0 radical (unpaired) electrons. The van der Waals surface area contributed by atoms with Crippen LogP contribution in [-0.4, -0.2) is 0 Å². The van der Waals surface area contributed by atoms with Gasteiger partial charge in [-0.2, -0.15) is 0 Å². The summed E-state index contributed by atoms with van der Waals surface area (Å²) in [4.78, 5) is 0. The Morgan fingerprint density at radius 1 is 0.588 bits per heavy atom. The van der Waals surface area contributed by atoms with Crippen molar-refractivity contribution in [3.05, 3.63) is 120 Å². The summed E-state index contributed by atoms with van der Waals surface area (Å²) in [6, 6.07) is 11.7. The molecule has 0 aliphatic heterocycles. The van der Waals surface area contributed by atoms with Crippen LogP contribution < -0.4 is 0 Å². The fraction of sp³-hybridized carbons (Fsp3) is 0.353. The second-order valence-electron chi connectivity index (χ2n) is 10.4. The molecule has 0 aromatic heterocycles. The first-order valence-electron chi connectivity index (χ1n) is 13.2. The molecular weight excluding hydrogens is 408 g/mol. The third-order valence-electron chi connectivity index (χ3n) is 8.91. The Hall–Kier alpha value is -2.86. The molecule has 3 unspecified atom stereocenters. The number of fused-ring (bicyclic) bond motifs is 1. The lowest BCUT2D eigenvalue weighted by Gasteiger charge is -2.45. The van der Waals surface area contributed by atoms with Crippen LogP contribution in [0.1, 0.15) is 76.0 Å². The van der Waals surface area contributed by atoms with Crippen molar-refractivity contribution in [2.24, 2.45) is 0 Å². The van der Waals surface area contributed by atoms with E-state index in [1.165, 1.54) is 10.8 Å². The van der Waals surface area contributed by atoms with Gasteiger partial charge in [0.1, 0.15) is 0 Å². The summed E-state index contributed by atoms with van der Waals surface area (Å²) in [5, 5.41) is 2.81. The highest BCUT2D eigenvalue weighted by molar-refractivity contribution is 5.90. The van der Waals surface area contributed by atoms with Gasteiger partial charge in [-0.05, 0) is 72.1 Å². The van der Waals surface area contributed by atoms with E-state index in [-0.39, 0.29) is 16.2 Å². The van der Waals surface area contributed by atoms with Crippen LogP contribution in [-0.2, 0) is 16.2 Å². The van der Waals surface area contributed by atoms with E-state index in [0.717, 1.165) is 38.5 Å². The van der Waals surface area contributed by atoms with E-state index in [1.54, 1.807) is 16.7 Å². The Labute approximate surface area is 206 Å². The van der Waals surface area contributed by atoms with Crippen LogP contribution in [0.4, 0.5) is 0 Å². The van der Waals surface area contributed by atoms with Crippen molar-refractivity contribution in [3.63, 3.8) is 0 Å². The molecule has 3 aliphatic carbocycles. The number of allylic oxidation sites excluding steroid dienone is 12. The van der Waals surface area contributed by atoms with Crippen LogP contribution in [0, 0.1) is 0 Å². The minimum atomic E-state index is 0.0117. The maximum absolute atomic E-state index is 2.55. The Morgan fingerprint density at radius 3 is 1.59 bits per heavy atom. The highest BCUT2D eigenvalue weighted by Crippen LogP contribution is 2.53. The van der Waals surface area contributed by atoms with Crippen LogP contribution in [0.25, 0.3) is 10.8 Å². The van der Waals surface area contributed by atoms with Crippen LogP contribution in [0.3, 0.4) is 0 Å². The number of hydrogen-bond acceptors (Lipinski definition) is 0. The molecule has 2 aromatic carbocycles. The average molecular weight is 447 g/mol. The normalized spacial score (nSPS) is 29.9. The highest BCUT2D eigenvalue weighted by Gasteiger charge is 2.43. The Morgan fingerprint density at radius 2 is 1.09 bits per heavy atom. The lowest BCUT2D eigenvalue weighted by molar-refractivity contribution is 0.445. The van der Waals surface area contributed by atoms with Crippen molar-refractivity contribution in [1.82, 2.24) is 0 Å². The summed E-state index contributed by atoms with van der Waals surface area (Å²) < 4.78 is 0. The predicted octanol–water partition coefficient (Wildman–Crippen LogP) is 9.33. The third-order valence-corrected chi connectivity index (χ3v) is 8.91. The van der Waals surface area contributed by atoms with Crippen LogP contribution >= 0.6 is 0 Å². The van der Waals surface area contributed by atoms with Crippen molar-refractivity contribution >= 4 is 10.8 Å². The molecule has 5 rings (SSSR count). The fourth-order valence-corrected chi connectivity index (χ4v) is 6.67. The van der Waals surface area contributed by atoms with Gasteiger partial charge in [-0.25, -0.2) is 0 Å². The predicted molar refractivity (Wildman–Crippen MR) is 149 cm³/mol. The lowest BCUT2D eigenvalue weighted by Crippen LogP contribution is -2.37. The van der Waals surface area contributed by atoms with Gasteiger partial charge in [0.25, 0.3) is 0 Å². The number of rotatable bonds is 6. The number of hydrogen-bond donors (Lipinski definition) is 0. The van der Waals surface area contributed by atoms with Crippen molar-refractivity contribution in [1.29, 1.82) is 0 Å². The van der Waals surface area contributed by atoms with Gasteiger partial charge in [0.05, 0.1) is 0 Å². The molecule has 3 aliphatic rings. The van der Waals surface area contributed by atoms with E-state index in [0.29, 0.717) is 0 Å². The van der Waals surface area contributed by atoms with E-state index in [2.05, 4.69) is 124 Å². The largest absolute Gasteiger partial charge is 0.0833 e. The van der Waals surface area contributed by atoms with Gasteiger partial charge in [0.15, 0.2) is 0 Å². The molecule has 0 saturated carbocycles. The summed E-state index contributed by atoms with van der Waals surface area (Å²) in [5.41, 5.74) is 4.77. The lowest BCUT2D eigenvalue weighted by atomic mass is 9.58. The molecule has 0 heteroatoms. The zero-order valence-electron chi connectivity index (χ0n) is 21.1. The molecule has 34 heavy (non-hydrogen) atoms. The van der Waals surface area contributed by atoms with E-state index in [4.69, 9.17) is 0 Å². The fourth-order valence-electron chi connectivity index (χ4n) is 6.67. The molecule has 0 spiro atoms. The smallest absolute Gasteiger partial charge is 0.0176 e. The molecule has 3 atom stereocenters. The highest BCUT2D eigenvalue weighted by atomic mass is 14.5. The maximum atomic E-state index is 2.55. The molecule has 0 amide bonds. The van der Waals surface area contributed by atoms with Gasteiger partial charge in [-0.3, -0.25) is 0 Å². The third kappa shape index (κ3) is 3.50. The zero-order chi connectivity index (χ0) is 23.7. The molecular formula is C34H38. The van der Waals surface area contributed by atoms with Gasteiger partial charge in [-0.15, -0.1) is 0 Å². The van der Waals surface area contributed by atoms with E-state index in [1.807, 2.05) is 0 Å². The second kappa shape index (κ2) is 9.06. The number of benzene rings is 2. The molecule has 0 nitrogen and oxygen atoms in total. The first-order chi connectivity index (χ1) is 16.6. The Kier molecular flexibility index (Phi) is 6.11. The van der Waals surface area contributed by atoms with Crippen molar-refractivity contribution < 1.29 is 0 Å². The second-order valence-corrected chi connectivity index (χ2v) is 10.4. The SMILES string of the molecule is CCC1(c2cc3ccccc3c(C3(CC)C=CC=CC3)c2C2(CC)C=CC=CC2)C=CC=CC1. The van der Waals surface area contributed by atoms with Gasteiger partial charge >= 0.3 is 0 Å². The first kappa shape index (κ1) is 22.9. The molecule has 0 heterocycles. The summed E-state index contributed by atoms with van der Waals surface area (Å²) in [6.07, 6.45) is 34.7. The quantitative estimate of drug-likeness (QED) is 0.414. The Balaban J connectivity index is 1.97. The molecule has 174 valence electrons. The van der Waals surface area contributed by atoms with Gasteiger partial charge in [0.2, 0.25) is 0 Å².